The highest BCUT2D eigenvalue weighted by molar-refractivity contribution is 14.1. The molecule has 0 aliphatic carbocycles. The number of halogens is 2. The SMILES string of the molecule is O=c1[nH]c(=O)n([C@H]2C[C@H](O)[C@@H](CI)O2)cc1CCI. The first-order valence-electron chi connectivity index (χ1n) is 5.86. The van der Waals surface area contributed by atoms with Crippen LogP contribution in [-0.4, -0.2) is 35.7 Å². The Hall–Kier alpha value is 0.0600. The second-order valence-electron chi connectivity index (χ2n) is 4.35. The fourth-order valence-corrected chi connectivity index (χ4v) is 3.42. The van der Waals surface area contributed by atoms with Gasteiger partial charge in [0.05, 0.1) is 12.2 Å². The Morgan fingerprint density at radius 1 is 1.47 bits per heavy atom. The van der Waals surface area contributed by atoms with Crippen molar-refractivity contribution in [1.29, 1.82) is 0 Å². The minimum Gasteiger partial charge on any atom is -0.390 e. The van der Waals surface area contributed by atoms with Gasteiger partial charge in [0.1, 0.15) is 6.23 Å². The number of aromatic nitrogens is 2. The molecule has 0 radical (unpaired) electrons. The van der Waals surface area contributed by atoms with Crippen molar-refractivity contribution in [2.24, 2.45) is 0 Å². The van der Waals surface area contributed by atoms with E-state index in [0.717, 1.165) is 4.43 Å². The number of aryl methyl sites for hydroxylation is 1. The molecule has 19 heavy (non-hydrogen) atoms. The fourth-order valence-electron chi connectivity index (χ4n) is 2.05. The fraction of sp³-hybridized carbons (Fsp3) is 0.636. The lowest BCUT2D eigenvalue weighted by Crippen LogP contribution is -2.34. The second-order valence-corrected chi connectivity index (χ2v) is 6.31. The van der Waals surface area contributed by atoms with Crippen molar-refractivity contribution in [3.8, 4) is 0 Å². The van der Waals surface area contributed by atoms with Crippen molar-refractivity contribution in [2.45, 2.75) is 31.3 Å². The number of nitrogens with one attached hydrogen (secondary N) is 1. The van der Waals surface area contributed by atoms with Crippen LogP contribution >= 0.6 is 45.2 Å². The Morgan fingerprint density at radius 2 is 2.21 bits per heavy atom. The van der Waals surface area contributed by atoms with Gasteiger partial charge in [0, 0.05) is 27.0 Å². The lowest BCUT2D eigenvalue weighted by molar-refractivity contribution is -0.00620. The van der Waals surface area contributed by atoms with E-state index in [0.29, 0.717) is 22.8 Å². The van der Waals surface area contributed by atoms with E-state index in [2.05, 4.69) is 50.2 Å². The van der Waals surface area contributed by atoms with Gasteiger partial charge in [-0.25, -0.2) is 4.79 Å². The van der Waals surface area contributed by atoms with Crippen molar-refractivity contribution in [1.82, 2.24) is 9.55 Å². The number of hydrogen-bond donors (Lipinski definition) is 2. The summed E-state index contributed by atoms with van der Waals surface area (Å²) in [7, 11) is 0. The minimum atomic E-state index is -0.575. The third-order valence-electron chi connectivity index (χ3n) is 3.07. The standard InChI is InChI=1S/C11H14I2N2O4/c12-2-1-6-5-15(11(18)14-10(6)17)9-3-7(16)8(4-13)19-9/h5,7-9,16H,1-4H2,(H,14,17,18)/t7-,8+,9+/m0/s1. The van der Waals surface area contributed by atoms with E-state index in [4.69, 9.17) is 4.74 Å². The van der Waals surface area contributed by atoms with Crippen LogP contribution < -0.4 is 11.2 Å². The molecule has 0 bridgehead atoms. The molecular weight excluding hydrogens is 478 g/mol. The van der Waals surface area contributed by atoms with Crippen molar-refractivity contribution >= 4 is 45.2 Å². The molecule has 1 aliphatic heterocycles. The molecule has 2 N–H and O–H groups in total. The third-order valence-corrected chi connectivity index (χ3v) is 4.48. The summed E-state index contributed by atoms with van der Waals surface area (Å²) in [6, 6.07) is 0. The van der Waals surface area contributed by atoms with E-state index in [1.165, 1.54) is 4.57 Å². The van der Waals surface area contributed by atoms with Gasteiger partial charge in [0.15, 0.2) is 0 Å². The zero-order chi connectivity index (χ0) is 14.0. The van der Waals surface area contributed by atoms with Gasteiger partial charge in [-0.1, -0.05) is 45.2 Å². The van der Waals surface area contributed by atoms with Gasteiger partial charge in [-0.15, -0.1) is 0 Å². The Bertz CT molecular complexity index is 556. The third kappa shape index (κ3) is 3.39. The van der Waals surface area contributed by atoms with E-state index in [9.17, 15) is 14.7 Å². The van der Waals surface area contributed by atoms with Crippen molar-refractivity contribution in [3.63, 3.8) is 0 Å². The normalized spacial score (nSPS) is 26.8. The van der Waals surface area contributed by atoms with Crippen LogP contribution in [0.4, 0.5) is 0 Å². The average molecular weight is 492 g/mol. The van der Waals surface area contributed by atoms with Crippen LogP contribution in [0.5, 0.6) is 0 Å². The smallest absolute Gasteiger partial charge is 0.330 e. The maximum absolute atomic E-state index is 11.8. The molecule has 0 spiro atoms. The summed E-state index contributed by atoms with van der Waals surface area (Å²) in [5.41, 5.74) is -0.277. The number of rotatable bonds is 4. The number of aliphatic hydroxyl groups is 1. The highest BCUT2D eigenvalue weighted by Gasteiger charge is 2.34. The summed E-state index contributed by atoms with van der Waals surface area (Å²) in [5, 5.41) is 9.82. The molecule has 0 aromatic carbocycles. The topological polar surface area (TPSA) is 84.3 Å². The van der Waals surface area contributed by atoms with Gasteiger partial charge < -0.3 is 9.84 Å². The summed E-state index contributed by atoms with van der Waals surface area (Å²) < 4.78 is 8.47. The van der Waals surface area contributed by atoms with Gasteiger partial charge in [0.25, 0.3) is 5.56 Å². The first kappa shape index (κ1) is 15.4. The maximum Gasteiger partial charge on any atom is 0.330 e. The quantitative estimate of drug-likeness (QED) is 0.477. The summed E-state index contributed by atoms with van der Waals surface area (Å²) in [6.07, 6.45) is 1.16. The Morgan fingerprint density at radius 3 is 2.79 bits per heavy atom. The van der Waals surface area contributed by atoms with E-state index in [1.54, 1.807) is 6.20 Å². The molecule has 3 atom stereocenters. The Labute approximate surface area is 136 Å². The molecule has 1 aliphatic rings. The number of H-pyrrole nitrogens is 1. The molecule has 0 unspecified atom stereocenters. The first-order chi connectivity index (χ1) is 9.06. The number of alkyl halides is 2. The van der Waals surface area contributed by atoms with Crippen LogP contribution in [0.15, 0.2) is 15.8 Å². The number of aromatic amines is 1. The molecule has 0 saturated carbocycles. The molecule has 106 valence electrons. The lowest BCUT2D eigenvalue weighted by atomic mass is 10.2. The predicted octanol–water partition coefficient (Wildman–Crippen LogP) is 0.597. The van der Waals surface area contributed by atoms with Crippen molar-refractivity contribution in [2.75, 3.05) is 8.86 Å². The molecule has 2 heterocycles. The van der Waals surface area contributed by atoms with Gasteiger partial charge >= 0.3 is 5.69 Å². The van der Waals surface area contributed by atoms with Crippen LogP contribution in [0.25, 0.3) is 0 Å². The van der Waals surface area contributed by atoms with Gasteiger partial charge in [-0.05, 0) is 6.42 Å². The van der Waals surface area contributed by atoms with Crippen molar-refractivity contribution < 1.29 is 9.84 Å². The van der Waals surface area contributed by atoms with Crippen LogP contribution in [0.3, 0.4) is 0 Å². The zero-order valence-corrected chi connectivity index (χ0v) is 14.3. The highest BCUT2D eigenvalue weighted by Crippen LogP contribution is 2.28. The van der Waals surface area contributed by atoms with Gasteiger partial charge in [0.2, 0.25) is 0 Å². The molecule has 1 aromatic heterocycles. The van der Waals surface area contributed by atoms with Crippen LogP contribution in [0.1, 0.15) is 18.2 Å². The molecule has 2 rings (SSSR count). The van der Waals surface area contributed by atoms with Crippen LogP contribution in [-0.2, 0) is 11.2 Å². The van der Waals surface area contributed by atoms with E-state index < -0.39 is 18.0 Å². The largest absolute Gasteiger partial charge is 0.390 e. The summed E-state index contributed by atoms with van der Waals surface area (Å²) in [4.78, 5) is 25.7. The molecule has 0 amide bonds. The average Bonchev–Trinajstić information content (AvgIpc) is 2.74. The summed E-state index contributed by atoms with van der Waals surface area (Å²) in [5.74, 6) is 0. The van der Waals surface area contributed by atoms with Crippen LogP contribution in [0.2, 0.25) is 0 Å². The lowest BCUT2D eigenvalue weighted by Gasteiger charge is -2.15. The van der Waals surface area contributed by atoms with Gasteiger partial charge in [-0.2, -0.15) is 0 Å². The zero-order valence-electron chi connectivity index (χ0n) is 10.0. The predicted molar refractivity (Wildman–Crippen MR) is 87.3 cm³/mol. The maximum atomic E-state index is 11.8. The number of hydrogen-bond acceptors (Lipinski definition) is 4. The Kier molecular flexibility index (Phi) is 5.43. The number of nitrogens with zero attached hydrogens (tertiary/aromatic N) is 1. The molecule has 1 saturated heterocycles. The molecule has 1 fully saturated rings. The Balaban J connectivity index is 2.33. The molecule has 6 nitrogen and oxygen atoms in total. The minimum absolute atomic E-state index is 0.266. The van der Waals surface area contributed by atoms with Crippen molar-refractivity contribution in [3.05, 3.63) is 32.6 Å². The number of ether oxygens (including phenoxy) is 1. The monoisotopic (exact) mass is 492 g/mol. The first-order valence-corrected chi connectivity index (χ1v) is 8.91. The van der Waals surface area contributed by atoms with E-state index in [1.807, 2.05) is 0 Å². The number of aliphatic hydroxyl groups excluding tert-OH is 1. The summed E-state index contributed by atoms with van der Waals surface area (Å²) >= 11 is 4.31. The molecule has 8 heteroatoms. The molecular formula is C11H14I2N2O4. The second kappa shape index (κ2) is 6.68. The van der Waals surface area contributed by atoms with E-state index in [-0.39, 0.29) is 11.7 Å². The van der Waals surface area contributed by atoms with E-state index >= 15 is 0 Å². The summed E-state index contributed by atoms with van der Waals surface area (Å²) in [6.45, 7) is 0. The van der Waals surface area contributed by atoms with Crippen LogP contribution in [0, 0.1) is 0 Å². The van der Waals surface area contributed by atoms with Gasteiger partial charge in [-0.3, -0.25) is 14.3 Å². The molecule has 1 aromatic rings. The highest BCUT2D eigenvalue weighted by atomic mass is 127.